The number of rotatable bonds is 4. The topological polar surface area (TPSA) is 69.0 Å². The molecule has 5 rings (SSSR count). The molecule has 1 aliphatic carbocycles. The number of carbonyl (C=O) groups is 1. The van der Waals surface area contributed by atoms with Crippen molar-refractivity contribution in [2.75, 3.05) is 11.9 Å². The Kier molecular flexibility index (Phi) is 4.79. The zero-order valence-corrected chi connectivity index (χ0v) is 17.3. The molecule has 0 radical (unpaired) electrons. The first-order chi connectivity index (χ1) is 14.7. The van der Waals surface area contributed by atoms with Crippen LogP contribution >= 0.6 is 11.6 Å². The molecule has 0 saturated carbocycles. The first-order valence-electron chi connectivity index (χ1n) is 10.1. The highest BCUT2D eigenvalue weighted by Gasteiger charge is 2.37. The van der Waals surface area contributed by atoms with Gasteiger partial charge in [0, 0.05) is 23.3 Å². The minimum Gasteiger partial charge on any atom is -0.494 e. The number of hydrogen-bond donors (Lipinski definition) is 1. The van der Waals surface area contributed by atoms with Crippen molar-refractivity contribution in [3.05, 3.63) is 70.4 Å². The molecule has 1 unspecified atom stereocenters. The van der Waals surface area contributed by atoms with E-state index in [9.17, 15) is 4.79 Å². The smallest absolute Gasteiger partial charge is 0.226 e. The largest absolute Gasteiger partial charge is 0.494 e. The van der Waals surface area contributed by atoms with Gasteiger partial charge in [0.2, 0.25) is 5.95 Å². The van der Waals surface area contributed by atoms with Crippen LogP contribution in [0.15, 0.2) is 59.8 Å². The Balaban J connectivity index is 1.64. The Labute approximate surface area is 179 Å². The average molecular weight is 421 g/mol. The predicted molar refractivity (Wildman–Crippen MR) is 116 cm³/mol. The van der Waals surface area contributed by atoms with E-state index in [0.717, 1.165) is 41.0 Å². The molecule has 0 amide bonds. The van der Waals surface area contributed by atoms with Gasteiger partial charge < -0.3 is 10.1 Å². The molecular weight excluding hydrogens is 400 g/mol. The summed E-state index contributed by atoms with van der Waals surface area (Å²) in [6, 6.07) is 15.0. The van der Waals surface area contributed by atoms with Crippen molar-refractivity contribution in [2.24, 2.45) is 0 Å². The Hall–Kier alpha value is -3.12. The lowest BCUT2D eigenvalue weighted by Gasteiger charge is -2.32. The van der Waals surface area contributed by atoms with E-state index < -0.39 is 0 Å². The van der Waals surface area contributed by atoms with Gasteiger partial charge in [0.05, 0.1) is 11.6 Å². The molecule has 1 N–H and O–H groups in total. The van der Waals surface area contributed by atoms with E-state index in [4.69, 9.17) is 26.4 Å². The van der Waals surface area contributed by atoms with Crippen LogP contribution in [0.5, 0.6) is 5.75 Å². The fraction of sp³-hybridized carbons (Fsp3) is 0.261. The van der Waals surface area contributed by atoms with Crippen molar-refractivity contribution in [1.29, 1.82) is 0 Å². The molecule has 0 bridgehead atoms. The fourth-order valence-electron chi connectivity index (χ4n) is 4.13. The predicted octanol–water partition coefficient (Wildman–Crippen LogP) is 5.02. The standard InChI is InChI=1S/C23H21ClN4O2/c1-2-30-15-12-10-14(11-13-15)21-20-18(8-5-9-19(20)29)25-23-26-22(27-28(21)23)16-6-3-4-7-17(16)24/h3-4,6-7,10-13,21H,2,5,8-9H2,1H3,(H,25,26,27). The van der Waals surface area contributed by atoms with Gasteiger partial charge in [-0.1, -0.05) is 35.9 Å². The molecular formula is C23H21ClN4O2. The zero-order valence-electron chi connectivity index (χ0n) is 16.6. The quantitative estimate of drug-likeness (QED) is 0.641. The van der Waals surface area contributed by atoms with Crippen LogP contribution in [0, 0.1) is 0 Å². The minimum atomic E-state index is -0.330. The van der Waals surface area contributed by atoms with E-state index in [1.807, 2.05) is 55.5 Å². The molecule has 1 atom stereocenters. The van der Waals surface area contributed by atoms with E-state index in [2.05, 4.69) is 5.32 Å². The average Bonchev–Trinajstić information content (AvgIpc) is 3.17. The van der Waals surface area contributed by atoms with Crippen LogP contribution in [0.25, 0.3) is 11.4 Å². The number of fused-ring (bicyclic) bond motifs is 1. The third-order valence-electron chi connectivity index (χ3n) is 5.49. The van der Waals surface area contributed by atoms with Crippen molar-refractivity contribution in [3.8, 4) is 17.1 Å². The van der Waals surface area contributed by atoms with Gasteiger partial charge in [-0.25, -0.2) is 4.68 Å². The van der Waals surface area contributed by atoms with Crippen LogP contribution in [0.1, 0.15) is 37.8 Å². The lowest BCUT2D eigenvalue weighted by Crippen LogP contribution is -2.31. The number of nitrogens with zero attached hydrogens (tertiary/aromatic N) is 3. The molecule has 1 aromatic heterocycles. The lowest BCUT2D eigenvalue weighted by molar-refractivity contribution is -0.116. The summed E-state index contributed by atoms with van der Waals surface area (Å²) in [7, 11) is 0. The monoisotopic (exact) mass is 420 g/mol. The molecule has 0 spiro atoms. The minimum absolute atomic E-state index is 0.156. The Morgan fingerprint density at radius 1 is 1.17 bits per heavy atom. The van der Waals surface area contributed by atoms with Crippen LogP contribution < -0.4 is 10.1 Å². The molecule has 0 fully saturated rings. The number of anilines is 1. The van der Waals surface area contributed by atoms with Crippen LogP contribution in [-0.2, 0) is 4.79 Å². The summed E-state index contributed by atoms with van der Waals surface area (Å²) in [5.74, 6) is 2.11. The van der Waals surface area contributed by atoms with Gasteiger partial charge in [0.1, 0.15) is 11.8 Å². The summed E-state index contributed by atoms with van der Waals surface area (Å²) in [5.41, 5.74) is 3.45. The highest BCUT2D eigenvalue weighted by atomic mass is 35.5. The summed E-state index contributed by atoms with van der Waals surface area (Å²) in [6.45, 7) is 2.56. The first-order valence-corrected chi connectivity index (χ1v) is 10.5. The van der Waals surface area contributed by atoms with Gasteiger partial charge in [-0.15, -0.1) is 5.10 Å². The molecule has 7 heteroatoms. The Bertz CT molecular complexity index is 1150. The summed E-state index contributed by atoms with van der Waals surface area (Å²) in [6.07, 6.45) is 2.21. The number of halogens is 1. The molecule has 1 aliphatic heterocycles. The van der Waals surface area contributed by atoms with Crippen molar-refractivity contribution in [2.45, 2.75) is 32.2 Å². The van der Waals surface area contributed by atoms with Gasteiger partial charge >= 0.3 is 0 Å². The second kappa shape index (κ2) is 7.61. The van der Waals surface area contributed by atoms with Crippen molar-refractivity contribution in [1.82, 2.24) is 14.8 Å². The third-order valence-corrected chi connectivity index (χ3v) is 5.82. The van der Waals surface area contributed by atoms with Crippen molar-refractivity contribution < 1.29 is 9.53 Å². The second-order valence-electron chi connectivity index (χ2n) is 7.38. The summed E-state index contributed by atoms with van der Waals surface area (Å²) in [4.78, 5) is 17.6. The summed E-state index contributed by atoms with van der Waals surface area (Å²) < 4.78 is 7.38. The SMILES string of the molecule is CCOc1ccc(C2C3=C(CCCC3=O)Nc3nc(-c4ccccc4Cl)nn32)cc1. The third kappa shape index (κ3) is 3.17. The number of carbonyl (C=O) groups excluding carboxylic acids is 1. The number of benzene rings is 2. The lowest BCUT2D eigenvalue weighted by atomic mass is 9.85. The number of Topliss-reactive ketones (excluding diaryl/α,β-unsaturated/α-hetero) is 1. The molecule has 2 aromatic carbocycles. The maximum absolute atomic E-state index is 12.9. The highest BCUT2D eigenvalue weighted by Crippen LogP contribution is 2.41. The Morgan fingerprint density at radius 2 is 1.97 bits per heavy atom. The van der Waals surface area contributed by atoms with E-state index >= 15 is 0 Å². The van der Waals surface area contributed by atoms with Gasteiger partial charge in [-0.05, 0) is 49.6 Å². The molecule has 2 heterocycles. The highest BCUT2D eigenvalue weighted by molar-refractivity contribution is 6.33. The molecule has 6 nitrogen and oxygen atoms in total. The van der Waals surface area contributed by atoms with Crippen LogP contribution in [0.2, 0.25) is 5.02 Å². The van der Waals surface area contributed by atoms with E-state index in [-0.39, 0.29) is 11.8 Å². The molecule has 3 aromatic rings. The van der Waals surface area contributed by atoms with Gasteiger partial charge in [-0.3, -0.25) is 4.79 Å². The zero-order chi connectivity index (χ0) is 20.7. The van der Waals surface area contributed by atoms with Crippen LogP contribution in [-0.4, -0.2) is 27.2 Å². The van der Waals surface area contributed by atoms with E-state index in [1.165, 1.54) is 0 Å². The first kappa shape index (κ1) is 18.9. The van der Waals surface area contributed by atoms with Gasteiger partial charge in [0.15, 0.2) is 11.6 Å². The van der Waals surface area contributed by atoms with Crippen molar-refractivity contribution >= 4 is 23.3 Å². The van der Waals surface area contributed by atoms with Gasteiger partial charge in [-0.2, -0.15) is 4.98 Å². The number of aromatic nitrogens is 3. The second-order valence-corrected chi connectivity index (χ2v) is 7.79. The molecule has 2 aliphatic rings. The van der Waals surface area contributed by atoms with E-state index in [1.54, 1.807) is 4.68 Å². The normalized spacial score (nSPS) is 17.9. The van der Waals surface area contributed by atoms with Crippen molar-refractivity contribution in [3.63, 3.8) is 0 Å². The van der Waals surface area contributed by atoms with Crippen LogP contribution in [0.3, 0.4) is 0 Å². The number of allylic oxidation sites excluding steroid dienone is 2. The molecule has 152 valence electrons. The Morgan fingerprint density at radius 3 is 2.73 bits per heavy atom. The summed E-state index contributed by atoms with van der Waals surface area (Å²) >= 11 is 6.38. The number of nitrogens with one attached hydrogen (secondary N) is 1. The van der Waals surface area contributed by atoms with Crippen LogP contribution in [0.4, 0.5) is 5.95 Å². The molecule has 30 heavy (non-hydrogen) atoms. The van der Waals surface area contributed by atoms with Gasteiger partial charge in [0.25, 0.3) is 0 Å². The summed E-state index contributed by atoms with van der Waals surface area (Å²) in [5, 5.41) is 8.71. The maximum Gasteiger partial charge on any atom is 0.226 e. The molecule has 0 saturated heterocycles. The number of ether oxygens (including phenoxy) is 1. The van der Waals surface area contributed by atoms with E-state index in [0.29, 0.717) is 29.8 Å². The number of ketones is 1. The number of hydrogen-bond acceptors (Lipinski definition) is 5. The fourth-order valence-corrected chi connectivity index (χ4v) is 4.35. The maximum atomic E-state index is 12.9.